The fourth-order valence-corrected chi connectivity index (χ4v) is 1.08. The molecule has 1 heterocycles. The average Bonchev–Trinajstić information content (AvgIpc) is 2.18. The third-order valence-corrected chi connectivity index (χ3v) is 1.67. The number of ether oxygens (including phenoxy) is 1. The first-order valence-electron chi connectivity index (χ1n) is 4.66. The Balaban J connectivity index is 2.95. The van der Waals surface area contributed by atoms with Crippen molar-refractivity contribution in [3.63, 3.8) is 0 Å². The molecule has 0 aliphatic rings. The molecule has 0 unspecified atom stereocenters. The lowest BCUT2D eigenvalue weighted by Crippen LogP contribution is -2.02. The molecule has 0 saturated carbocycles. The molecule has 14 heavy (non-hydrogen) atoms. The van der Waals surface area contributed by atoms with Crippen LogP contribution in [0.2, 0.25) is 0 Å². The van der Waals surface area contributed by atoms with E-state index in [4.69, 9.17) is 10.00 Å². The summed E-state index contributed by atoms with van der Waals surface area (Å²) in [6.07, 6.45) is 1.05. The van der Waals surface area contributed by atoms with Gasteiger partial charge in [0.15, 0.2) is 0 Å². The van der Waals surface area contributed by atoms with Gasteiger partial charge in [0.05, 0.1) is 24.8 Å². The van der Waals surface area contributed by atoms with Crippen LogP contribution in [0.4, 0.5) is 0 Å². The predicted molar refractivity (Wildman–Crippen MR) is 51.9 cm³/mol. The monoisotopic (exact) mass is 191 g/mol. The highest BCUT2D eigenvalue weighted by molar-refractivity contribution is 5.18. The molecular weight excluding hydrogens is 178 g/mol. The first-order valence-corrected chi connectivity index (χ1v) is 4.66. The highest BCUT2D eigenvalue weighted by atomic mass is 16.5. The number of rotatable bonds is 4. The van der Waals surface area contributed by atoms with Crippen LogP contribution >= 0.6 is 0 Å². The van der Waals surface area contributed by atoms with Gasteiger partial charge in [-0.25, -0.2) is 4.98 Å². The summed E-state index contributed by atoms with van der Waals surface area (Å²) in [6.45, 7) is 4.45. The van der Waals surface area contributed by atoms with Gasteiger partial charge in [0.25, 0.3) is 0 Å². The lowest BCUT2D eigenvalue weighted by Gasteiger charge is -2.05. The second kappa shape index (κ2) is 5.18. The molecule has 0 spiro atoms. The molecule has 0 aliphatic heterocycles. The van der Waals surface area contributed by atoms with Gasteiger partial charge in [-0.2, -0.15) is 10.2 Å². The van der Waals surface area contributed by atoms with E-state index in [-0.39, 0.29) is 0 Å². The van der Waals surface area contributed by atoms with Crippen molar-refractivity contribution < 1.29 is 4.74 Å². The third kappa shape index (κ3) is 2.70. The Morgan fingerprint density at radius 3 is 2.79 bits per heavy atom. The maximum atomic E-state index is 8.55. The van der Waals surface area contributed by atoms with Crippen LogP contribution in [0.3, 0.4) is 0 Å². The van der Waals surface area contributed by atoms with E-state index in [0.29, 0.717) is 18.9 Å². The van der Waals surface area contributed by atoms with Crippen LogP contribution in [0.25, 0.3) is 0 Å². The van der Waals surface area contributed by atoms with Gasteiger partial charge in [0.1, 0.15) is 5.82 Å². The summed E-state index contributed by atoms with van der Waals surface area (Å²) in [5.41, 5.74) is 0.725. The topological polar surface area (TPSA) is 58.8 Å². The largest absolute Gasteiger partial charge is 0.478 e. The zero-order chi connectivity index (χ0) is 10.4. The van der Waals surface area contributed by atoms with Crippen LogP contribution in [-0.4, -0.2) is 16.6 Å². The summed E-state index contributed by atoms with van der Waals surface area (Å²) in [7, 11) is 0. The molecule has 74 valence electrons. The van der Waals surface area contributed by atoms with Crippen LogP contribution in [0.15, 0.2) is 6.07 Å². The smallest absolute Gasteiger partial charge is 0.216 e. The molecule has 1 aromatic rings. The van der Waals surface area contributed by atoms with Gasteiger partial charge in [-0.1, -0.05) is 6.92 Å². The standard InChI is InChI=1S/C10H13N3O/c1-3-9-12-8(5-6-11)7-10(13-9)14-4-2/h7H,3-5H2,1-2H3. The highest BCUT2D eigenvalue weighted by Gasteiger charge is 2.03. The molecule has 0 aromatic carbocycles. The van der Waals surface area contributed by atoms with Gasteiger partial charge in [-0.3, -0.25) is 0 Å². The fourth-order valence-electron chi connectivity index (χ4n) is 1.08. The van der Waals surface area contributed by atoms with E-state index in [1.165, 1.54) is 0 Å². The SMILES string of the molecule is CCOc1cc(CC#N)nc(CC)n1. The van der Waals surface area contributed by atoms with Crippen LogP contribution in [0, 0.1) is 11.3 Å². The maximum absolute atomic E-state index is 8.55. The first kappa shape index (κ1) is 10.5. The van der Waals surface area contributed by atoms with Crippen molar-refractivity contribution in [3.8, 4) is 11.9 Å². The predicted octanol–water partition coefficient (Wildman–Crippen LogP) is 1.50. The molecule has 0 fully saturated rings. The normalized spacial score (nSPS) is 9.50. The van der Waals surface area contributed by atoms with Crippen LogP contribution in [0.5, 0.6) is 5.88 Å². The molecular formula is C10H13N3O. The lowest BCUT2D eigenvalue weighted by molar-refractivity contribution is 0.324. The van der Waals surface area contributed by atoms with Gasteiger partial charge >= 0.3 is 0 Å². The van der Waals surface area contributed by atoms with Crippen molar-refractivity contribution in [3.05, 3.63) is 17.6 Å². The minimum absolute atomic E-state index is 0.301. The Morgan fingerprint density at radius 1 is 1.43 bits per heavy atom. The average molecular weight is 191 g/mol. The molecule has 0 saturated heterocycles. The fraction of sp³-hybridized carbons (Fsp3) is 0.500. The van der Waals surface area contributed by atoms with Crippen LogP contribution in [0.1, 0.15) is 25.4 Å². The molecule has 4 heteroatoms. The Hall–Kier alpha value is -1.63. The Labute approximate surface area is 83.6 Å². The van der Waals surface area contributed by atoms with E-state index >= 15 is 0 Å². The number of nitriles is 1. The van der Waals surface area contributed by atoms with E-state index in [1.54, 1.807) is 6.07 Å². The molecule has 0 aliphatic carbocycles. The minimum Gasteiger partial charge on any atom is -0.478 e. The summed E-state index contributed by atoms with van der Waals surface area (Å²) in [5.74, 6) is 1.28. The van der Waals surface area contributed by atoms with Gasteiger partial charge in [0.2, 0.25) is 5.88 Å². The lowest BCUT2D eigenvalue weighted by atomic mass is 10.3. The first-order chi connectivity index (χ1) is 6.80. The van der Waals surface area contributed by atoms with Gasteiger partial charge in [0, 0.05) is 12.5 Å². The van der Waals surface area contributed by atoms with Crippen LogP contribution < -0.4 is 4.74 Å². The van der Waals surface area contributed by atoms with Crippen molar-refractivity contribution in [2.24, 2.45) is 0 Å². The summed E-state index contributed by atoms with van der Waals surface area (Å²) < 4.78 is 5.27. The number of hydrogen-bond donors (Lipinski definition) is 0. The molecule has 4 nitrogen and oxygen atoms in total. The number of aryl methyl sites for hydroxylation is 1. The van der Waals surface area contributed by atoms with E-state index in [1.807, 2.05) is 13.8 Å². The number of aromatic nitrogens is 2. The van der Waals surface area contributed by atoms with E-state index in [2.05, 4.69) is 16.0 Å². The van der Waals surface area contributed by atoms with Crippen molar-refractivity contribution >= 4 is 0 Å². The molecule has 0 atom stereocenters. The Morgan fingerprint density at radius 2 is 2.21 bits per heavy atom. The van der Waals surface area contributed by atoms with Gasteiger partial charge < -0.3 is 4.74 Å². The summed E-state index contributed by atoms with van der Waals surface area (Å²) >= 11 is 0. The third-order valence-electron chi connectivity index (χ3n) is 1.67. The molecule has 0 bridgehead atoms. The molecule has 0 amide bonds. The molecule has 1 rings (SSSR count). The molecule has 0 radical (unpaired) electrons. The van der Waals surface area contributed by atoms with Crippen molar-refractivity contribution in [1.29, 1.82) is 5.26 Å². The van der Waals surface area contributed by atoms with E-state index in [0.717, 1.165) is 17.9 Å². The zero-order valence-corrected chi connectivity index (χ0v) is 8.45. The zero-order valence-electron chi connectivity index (χ0n) is 8.45. The minimum atomic E-state index is 0.301. The Bertz CT molecular complexity index is 344. The summed E-state index contributed by atoms with van der Waals surface area (Å²) in [6, 6.07) is 3.77. The van der Waals surface area contributed by atoms with Crippen molar-refractivity contribution in [2.75, 3.05) is 6.61 Å². The highest BCUT2D eigenvalue weighted by Crippen LogP contribution is 2.10. The van der Waals surface area contributed by atoms with Crippen molar-refractivity contribution in [1.82, 2.24) is 9.97 Å². The quantitative estimate of drug-likeness (QED) is 0.723. The molecule has 0 N–H and O–H groups in total. The summed E-state index contributed by atoms with van der Waals surface area (Å²) in [4.78, 5) is 8.39. The van der Waals surface area contributed by atoms with E-state index in [9.17, 15) is 0 Å². The molecule has 1 aromatic heterocycles. The Kier molecular flexibility index (Phi) is 3.86. The number of nitrogens with zero attached hydrogens (tertiary/aromatic N) is 3. The summed E-state index contributed by atoms with van der Waals surface area (Å²) in [5, 5.41) is 8.55. The van der Waals surface area contributed by atoms with Crippen molar-refractivity contribution in [2.45, 2.75) is 26.7 Å². The maximum Gasteiger partial charge on any atom is 0.216 e. The second-order valence-electron chi connectivity index (χ2n) is 2.74. The van der Waals surface area contributed by atoms with Gasteiger partial charge in [-0.05, 0) is 6.92 Å². The number of hydrogen-bond acceptors (Lipinski definition) is 4. The second-order valence-corrected chi connectivity index (χ2v) is 2.74. The van der Waals surface area contributed by atoms with E-state index < -0.39 is 0 Å². The van der Waals surface area contributed by atoms with Crippen LogP contribution in [-0.2, 0) is 12.8 Å². The van der Waals surface area contributed by atoms with Gasteiger partial charge in [-0.15, -0.1) is 0 Å².